The zero-order valence-electron chi connectivity index (χ0n) is 9.43. The van der Waals surface area contributed by atoms with Crippen molar-refractivity contribution in [3.8, 4) is 11.5 Å². The van der Waals surface area contributed by atoms with Crippen molar-refractivity contribution < 1.29 is 18.3 Å². The summed E-state index contributed by atoms with van der Waals surface area (Å²) >= 11 is 0. The topological polar surface area (TPSA) is 44.5 Å². The van der Waals surface area contributed by atoms with E-state index in [0.29, 0.717) is 17.1 Å². The molecule has 2 aliphatic rings. The molecule has 0 spiro atoms. The van der Waals surface area contributed by atoms with Gasteiger partial charge in [0.25, 0.3) is 5.92 Å². The van der Waals surface area contributed by atoms with Crippen molar-refractivity contribution in [2.45, 2.75) is 31.2 Å². The molecule has 1 aromatic carbocycles. The van der Waals surface area contributed by atoms with Gasteiger partial charge in [-0.25, -0.2) is 8.78 Å². The third-order valence-corrected chi connectivity index (χ3v) is 3.31. The minimum absolute atomic E-state index is 0.0539. The molecule has 3 nitrogen and oxygen atoms in total. The van der Waals surface area contributed by atoms with Crippen LogP contribution < -0.4 is 15.2 Å². The van der Waals surface area contributed by atoms with Crippen LogP contribution in [0, 0.1) is 0 Å². The Balaban J connectivity index is 2.18. The number of halogens is 2. The molecule has 0 aromatic heterocycles. The Labute approximate surface area is 97.5 Å². The van der Waals surface area contributed by atoms with Gasteiger partial charge in [-0.15, -0.1) is 0 Å². The number of fused-ring (bicyclic) bond motifs is 1. The van der Waals surface area contributed by atoms with Crippen molar-refractivity contribution in [1.29, 1.82) is 0 Å². The smallest absolute Gasteiger partial charge is 0.270 e. The molecule has 0 saturated heterocycles. The summed E-state index contributed by atoms with van der Waals surface area (Å²) in [4.78, 5) is 0. The molecule has 1 aromatic rings. The van der Waals surface area contributed by atoms with E-state index in [0.717, 1.165) is 19.8 Å². The maximum absolute atomic E-state index is 13.6. The molecule has 3 rings (SSSR count). The fourth-order valence-electron chi connectivity index (χ4n) is 2.12. The normalized spacial score (nSPS) is 20.5. The second kappa shape index (κ2) is 3.10. The Morgan fingerprint density at radius 3 is 2.35 bits per heavy atom. The number of ether oxygens (including phenoxy) is 2. The van der Waals surface area contributed by atoms with Crippen molar-refractivity contribution in [3.63, 3.8) is 0 Å². The molecule has 1 aliphatic carbocycles. The highest BCUT2D eigenvalue weighted by atomic mass is 19.3. The molecule has 17 heavy (non-hydrogen) atoms. The summed E-state index contributed by atoms with van der Waals surface area (Å²) in [5, 5.41) is 0. The molecule has 1 aliphatic heterocycles. The third-order valence-electron chi connectivity index (χ3n) is 3.31. The van der Waals surface area contributed by atoms with E-state index >= 15 is 0 Å². The van der Waals surface area contributed by atoms with E-state index in [2.05, 4.69) is 0 Å². The molecule has 0 bridgehead atoms. The minimum atomic E-state index is -2.93. The summed E-state index contributed by atoms with van der Waals surface area (Å²) in [7, 11) is 0. The minimum Gasteiger partial charge on any atom is -0.454 e. The Morgan fingerprint density at radius 1 is 1.24 bits per heavy atom. The van der Waals surface area contributed by atoms with Gasteiger partial charge in [0.15, 0.2) is 11.5 Å². The molecule has 92 valence electrons. The Morgan fingerprint density at radius 2 is 1.82 bits per heavy atom. The van der Waals surface area contributed by atoms with Crippen LogP contribution in [0.1, 0.15) is 30.9 Å². The molecule has 1 heterocycles. The highest BCUT2D eigenvalue weighted by Gasteiger charge is 2.46. The van der Waals surface area contributed by atoms with Gasteiger partial charge in [0.1, 0.15) is 0 Å². The van der Waals surface area contributed by atoms with Crippen LogP contribution in [0.25, 0.3) is 0 Å². The maximum Gasteiger partial charge on any atom is 0.270 e. The molecule has 1 saturated carbocycles. The molecule has 1 fully saturated rings. The monoisotopic (exact) mass is 241 g/mol. The summed E-state index contributed by atoms with van der Waals surface area (Å²) < 4.78 is 37.5. The predicted molar refractivity (Wildman–Crippen MR) is 57.2 cm³/mol. The lowest BCUT2D eigenvalue weighted by Gasteiger charge is -2.20. The van der Waals surface area contributed by atoms with Crippen LogP contribution in [0.15, 0.2) is 12.1 Å². The summed E-state index contributed by atoms with van der Waals surface area (Å²) in [6.07, 6.45) is 1.46. The molecule has 0 radical (unpaired) electrons. The van der Waals surface area contributed by atoms with Crippen LogP contribution in [0.3, 0.4) is 0 Å². The van der Waals surface area contributed by atoms with Crippen molar-refractivity contribution in [1.82, 2.24) is 0 Å². The lowest BCUT2D eigenvalue weighted by Crippen LogP contribution is -2.24. The average molecular weight is 241 g/mol. The second-order valence-electron chi connectivity index (χ2n) is 4.80. The summed E-state index contributed by atoms with van der Waals surface area (Å²) in [6.45, 7) is 0.949. The Kier molecular flexibility index (Phi) is 1.96. The Hall–Kier alpha value is -1.36. The van der Waals surface area contributed by atoms with Crippen molar-refractivity contribution in [3.05, 3.63) is 23.3 Å². The summed E-state index contributed by atoms with van der Waals surface area (Å²) in [5.41, 5.74) is 5.84. The molecule has 2 N–H and O–H groups in total. The number of hydrogen-bond donors (Lipinski definition) is 1. The van der Waals surface area contributed by atoms with Crippen molar-refractivity contribution in [2.75, 3.05) is 6.79 Å². The highest BCUT2D eigenvalue weighted by molar-refractivity contribution is 5.53. The average Bonchev–Trinajstić information content (AvgIpc) is 2.83. The number of benzene rings is 1. The van der Waals surface area contributed by atoms with E-state index in [1.54, 1.807) is 6.07 Å². The molecular weight excluding hydrogens is 228 g/mol. The zero-order chi connectivity index (χ0) is 12.3. The van der Waals surface area contributed by atoms with Gasteiger partial charge in [-0.05, 0) is 30.5 Å². The van der Waals surface area contributed by atoms with Gasteiger partial charge in [0.05, 0.1) is 0 Å². The number of rotatable bonds is 2. The van der Waals surface area contributed by atoms with Crippen molar-refractivity contribution >= 4 is 0 Å². The van der Waals surface area contributed by atoms with Crippen molar-refractivity contribution in [2.24, 2.45) is 5.73 Å². The van der Waals surface area contributed by atoms with E-state index in [-0.39, 0.29) is 12.4 Å². The van der Waals surface area contributed by atoms with Crippen LogP contribution in [0.4, 0.5) is 8.78 Å². The quantitative estimate of drug-likeness (QED) is 0.865. The Bertz CT molecular complexity index is 446. The van der Waals surface area contributed by atoms with Gasteiger partial charge in [-0.3, -0.25) is 0 Å². The fourth-order valence-corrected chi connectivity index (χ4v) is 2.12. The van der Waals surface area contributed by atoms with Gasteiger partial charge in [-0.1, -0.05) is 0 Å². The fraction of sp³-hybridized carbons (Fsp3) is 0.500. The molecule has 0 amide bonds. The van der Waals surface area contributed by atoms with E-state index in [4.69, 9.17) is 15.2 Å². The van der Waals surface area contributed by atoms with E-state index in [1.807, 2.05) is 0 Å². The summed E-state index contributed by atoms with van der Waals surface area (Å²) in [6, 6.07) is 2.95. The standard InChI is InChI=1S/C12H13F2NO2/c1-11(13,14)7-4-9-10(17-6-16-9)5-8(7)12(15)2-3-12/h4-5H,2-3,6,15H2,1H3. The van der Waals surface area contributed by atoms with Crippen LogP contribution in [-0.2, 0) is 11.5 Å². The van der Waals surface area contributed by atoms with Crippen LogP contribution >= 0.6 is 0 Å². The molecule has 5 heteroatoms. The molecule has 0 unspecified atom stereocenters. The predicted octanol–water partition coefficient (Wildman–Crippen LogP) is 2.47. The maximum atomic E-state index is 13.6. The van der Waals surface area contributed by atoms with Gasteiger partial charge in [0.2, 0.25) is 6.79 Å². The SMILES string of the molecule is CC(F)(F)c1cc2c(cc1C1(N)CC1)OCO2. The first-order chi connectivity index (χ1) is 7.90. The van der Waals surface area contributed by atoms with Crippen LogP contribution in [0.2, 0.25) is 0 Å². The number of alkyl halides is 2. The second-order valence-corrected chi connectivity index (χ2v) is 4.80. The van der Waals surface area contributed by atoms with Crippen LogP contribution in [-0.4, -0.2) is 6.79 Å². The first kappa shape index (κ1) is 10.8. The molecular formula is C12H13F2NO2. The van der Waals surface area contributed by atoms with Crippen LogP contribution in [0.5, 0.6) is 11.5 Å². The largest absolute Gasteiger partial charge is 0.454 e. The van der Waals surface area contributed by atoms with E-state index in [1.165, 1.54) is 6.07 Å². The van der Waals surface area contributed by atoms with Gasteiger partial charge >= 0.3 is 0 Å². The molecule has 0 atom stereocenters. The third kappa shape index (κ3) is 1.65. The number of nitrogens with two attached hydrogens (primary N) is 1. The van der Waals surface area contributed by atoms with E-state index < -0.39 is 11.5 Å². The van der Waals surface area contributed by atoms with E-state index in [9.17, 15) is 8.78 Å². The summed E-state index contributed by atoms with van der Waals surface area (Å²) in [5.74, 6) is -2.05. The highest BCUT2D eigenvalue weighted by Crippen LogP contribution is 2.50. The number of hydrogen-bond acceptors (Lipinski definition) is 3. The lowest BCUT2D eigenvalue weighted by molar-refractivity contribution is 0.0158. The lowest BCUT2D eigenvalue weighted by atomic mass is 9.94. The van der Waals surface area contributed by atoms with Gasteiger partial charge in [-0.2, -0.15) is 0 Å². The van der Waals surface area contributed by atoms with Gasteiger partial charge in [0, 0.05) is 18.0 Å². The zero-order valence-corrected chi connectivity index (χ0v) is 9.43. The first-order valence-electron chi connectivity index (χ1n) is 5.51. The van der Waals surface area contributed by atoms with Gasteiger partial charge < -0.3 is 15.2 Å². The first-order valence-corrected chi connectivity index (χ1v) is 5.51.